The first-order valence-electron chi connectivity index (χ1n) is 7.57. The lowest BCUT2D eigenvalue weighted by Crippen LogP contribution is -2.13. The van der Waals surface area contributed by atoms with Gasteiger partial charge in [0.2, 0.25) is 0 Å². The summed E-state index contributed by atoms with van der Waals surface area (Å²) in [4.78, 5) is 12.3. The zero-order valence-corrected chi connectivity index (χ0v) is 14.6. The van der Waals surface area contributed by atoms with Gasteiger partial charge in [-0.25, -0.2) is 0 Å². The normalized spacial score (nSPS) is 10.7. The van der Waals surface area contributed by atoms with Gasteiger partial charge in [0.1, 0.15) is 11.6 Å². The van der Waals surface area contributed by atoms with Crippen molar-refractivity contribution in [3.8, 4) is 17.6 Å². The maximum absolute atomic E-state index is 12.3. The number of carbonyl (C=O) groups is 1. The van der Waals surface area contributed by atoms with Gasteiger partial charge in [-0.2, -0.15) is 5.26 Å². The Bertz CT molecular complexity index is 824. The first kappa shape index (κ1) is 18.4. The highest BCUT2D eigenvalue weighted by molar-refractivity contribution is 6.30. The van der Waals surface area contributed by atoms with Crippen LogP contribution < -0.4 is 14.8 Å². The molecule has 0 saturated heterocycles. The second-order valence-corrected chi connectivity index (χ2v) is 5.41. The summed E-state index contributed by atoms with van der Waals surface area (Å²) < 4.78 is 10.7. The first-order chi connectivity index (χ1) is 12.1. The largest absolute Gasteiger partial charge is 0.493 e. The van der Waals surface area contributed by atoms with Crippen molar-refractivity contribution in [1.29, 1.82) is 5.26 Å². The molecule has 0 aliphatic heterocycles. The highest BCUT2D eigenvalue weighted by Crippen LogP contribution is 2.29. The molecule has 5 nitrogen and oxygen atoms in total. The number of rotatable bonds is 6. The number of carbonyl (C=O) groups excluding carboxylic acids is 1. The molecule has 0 aromatic heterocycles. The number of nitrogens with zero attached hydrogens (tertiary/aromatic N) is 1. The fraction of sp³-hybridized carbons (Fsp3) is 0.158. The van der Waals surface area contributed by atoms with Crippen molar-refractivity contribution in [3.05, 3.63) is 58.6 Å². The van der Waals surface area contributed by atoms with E-state index < -0.39 is 5.91 Å². The van der Waals surface area contributed by atoms with Crippen LogP contribution in [-0.2, 0) is 4.79 Å². The van der Waals surface area contributed by atoms with Gasteiger partial charge < -0.3 is 14.8 Å². The van der Waals surface area contributed by atoms with Crippen molar-refractivity contribution < 1.29 is 14.3 Å². The summed E-state index contributed by atoms with van der Waals surface area (Å²) in [6.45, 7) is 2.39. The van der Waals surface area contributed by atoms with E-state index in [0.29, 0.717) is 34.4 Å². The highest BCUT2D eigenvalue weighted by Gasteiger charge is 2.11. The van der Waals surface area contributed by atoms with E-state index in [1.54, 1.807) is 42.5 Å². The molecule has 1 N–H and O–H groups in total. The van der Waals surface area contributed by atoms with Crippen LogP contribution in [0.2, 0.25) is 5.02 Å². The second kappa shape index (κ2) is 8.76. The Morgan fingerprint density at radius 2 is 1.96 bits per heavy atom. The van der Waals surface area contributed by atoms with Crippen molar-refractivity contribution in [1.82, 2.24) is 0 Å². The van der Waals surface area contributed by atoms with Gasteiger partial charge >= 0.3 is 0 Å². The Morgan fingerprint density at radius 1 is 1.24 bits per heavy atom. The minimum Gasteiger partial charge on any atom is -0.493 e. The Labute approximate surface area is 151 Å². The van der Waals surface area contributed by atoms with Crippen LogP contribution in [0.4, 0.5) is 5.69 Å². The molecule has 0 saturated carbocycles. The molecule has 128 valence electrons. The van der Waals surface area contributed by atoms with Gasteiger partial charge in [0.25, 0.3) is 5.91 Å². The minimum absolute atomic E-state index is 0.0267. The van der Waals surface area contributed by atoms with Crippen molar-refractivity contribution in [2.45, 2.75) is 6.92 Å². The third-order valence-electron chi connectivity index (χ3n) is 3.27. The zero-order valence-electron chi connectivity index (χ0n) is 13.9. The molecule has 0 aliphatic rings. The molecule has 0 aliphatic carbocycles. The summed E-state index contributed by atoms with van der Waals surface area (Å²) in [5.41, 5.74) is 1.18. The number of hydrogen-bond donors (Lipinski definition) is 1. The monoisotopic (exact) mass is 356 g/mol. The second-order valence-electron chi connectivity index (χ2n) is 4.97. The first-order valence-corrected chi connectivity index (χ1v) is 7.94. The van der Waals surface area contributed by atoms with E-state index in [-0.39, 0.29) is 5.57 Å². The minimum atomic E-state index is -0.502. The quantitative estimate of drug-likeness (QED) is 0.619. The van der Waals surface area contributed by atoms with Crippen LogP contribution in [0.1, 0.15) is 12.5 Å². The van der Waals surface area contributed by atoms with E-state index in [1.165, 1.54) is 13.2 Å². The molecule has 2 rings (SSSR count). The molecule has 6 heteroatoms. The summed E-state index contributed by atoms with van der Waals surface area (Å²) in [5, 5.41) is 12.5. The summed E-state index contributed by atoms with van der Waals surface area (Å²) in [6.07, 6.45) is 1.49. The number of benzene rings is 2. The van der Waals surface area contributed by atoms with Gasteiger partial charge in [-0.3, -0.25) is 4.79 Å². The Kier molecular flexibility index (Phi) is 6.44. The summed E-state index contributed by atoms with van der Waals surface area (Å²) >= 11 is 5.81. The van der Waals surface area contributed by atoms with Crippen molar-refractivity contribution in [2.24, 2.45) is 0 Å². The molecule has 0 atom stereocenters. The number of hydrogen-bond acceptors (Lipinski definition) is 4. The van der Waals surface area contributed by atoms with Gasteiger partial charge in [0.05, 0.1) is 13.7 Å². The van der Waals surface area contributed by atoms with E-state index in [0.717, 1.165) is 0 Å². The molecular formula is C19H17ClN2O3. The lowest BCUT2D eigenvalue weighted by Gasteiger charge is -2.10. The van der Waals surface area contributed by atoms with Crippen LogP contribution >= 0.6 is 11.6 Å². The van der Waals surface area contributed by atoms with Gasteiger partial charge in [0.15, 0.2) is 11.5 Å². The predicted octanol–water partition coefficient (Wildman–Crippen LogP) is 4.29. The molecule has 0 fully saturated rings. The Hall–Kier alpha value is -2.97. The van der Waals surface area contributed by atoms with E-state index >= 15 is 0 Å². The maximum atomic E-state index is 12.3. The lowest BCUT2D eigenvalue weighted by molar-refractivity contribution is -0.112. The Balaban J connectivity index is 2.22. The number of methoxy groups -OCH3 is 1. The van der Waals surface area contributed by atoms with Gasteiger partial charge in [-0.05, 0) is 55.0 Å². The maximum Gasteiger partial charge on any atom is 0.266 e. The summed E-state index contributed by atoms with van der Waals surface area (Å²) in [5.74, 6) is 0.634. The smallest absolute Gasteiger partial charge is 0.266 e. The molecule has 0 radical (unpaired) electrons. The van der Waals surface area contributed by atoms with Gasteiger partial charge in [0, 0.05) is 10.7 Å². The van der Waals surface area contributed by atoms with Crippen LogP contribution in [0.3, 0.4) is 0 Å². The molecule has 0 bridgehead atoms. The van der Waals surface area contributed by atoms with E-state index in [4.69, 9.17) is 21.1 Å². The van der Waals surface area contributed by atoms with E-state index in [9.17, 15) is 10.1 Å². The third kappa shape index (κ3) is 5.00. The highest BCUT2D eigenvalue weighted by atomic mass is 35.5. The molecule has 2 aromatic rings. The number of anilines is 1. The molecule has 0 spiro atoms. The zero-order chi connectivity index (χ0) is 18.2. The number of amides is 1. The molecule has 25 heavy (non-hydrogen) atoms. The number of halogens is 1. The van der Waals surface area contributed by atoms with Gasteiger partial charge in [-0.15, -0.1) is 0 Å². The molecular weight excluding hydrogens is 340 g/mol. The van der Waals surface area contributed by atoms with Crippen LogP contribution in [0, 0.1) is 11.3 Å². The molecule has 1 amide bonds. The lowest BCUT2D eigenvalue weighted by atomic mass is 10.1. The van der Waals surface area contributed by atoms with Gasteiger partial charge in [-0.1, -0.05) is 17.7 Å². The molecule has 0 unspecified atom stereocenters. The SMILES string of the molecule is CCOc1ccc(/C=C(\C#N)C(=O)Nc2ccc(Cl)cc2)cc1OC. The average Bonchev–Trinajstić information content (AvgIpc) is 2.62. The van der Waals surface area contributed by atoms with Crippen LogP contribution in [0.25, 0.3) is 6.08 Å². The number of nitriles is 1. The third-order valence-corrected chi connectivity index (χ3v) is 3.52. The standard InChI is InChI=1S/C19H17ClN2O3/c1-3-25-17-9-4-13(11-18(17)24-2)10-14(12-21)19(23)22-16-7-5-15(20)6-8-16/h4-11H,3H2,1-2H3,(H,22,23)/b14-10+. The Morgan fingerprint density at radius 3 is 2.56 bits per heavy atom. The van der Waals surface area contributed by atoms with E-state index in [1.807, 2.05) is 13.0 Å². The van der Waals surface area contributed by atoms with Crippen LogP contribution in [0.5, 0.6) is 11.5 Å². The fourth-order valence-corrected chi connectivity index (χ4v) is 2.22. The topological polar surface area (TPSA) is 71.3 Å². The van der Waals surface area contributed by atoms with Crippen LogP contribution in [-0.4, -0.2) is 19.6 Å². The van der Waals surface area contributed by atoms with Crippen molar-refractivity contribution in [3.63, 3.8) is 0 Å². The summed E-state index contributed by atoms with van der Waals surface area (Å²) in [6, 6.07) is 13.7. The fourth-order valence-electron chi connectivity index (χ4n) is 2.10. The summed E-state index contributed by atoms with van der Waals surface area (Å²) in [7, 11) is 1.53. The molecule has 0 heterocycles. The molecule has 2 aromatic carbocycles. The van der Waals surface area contributed by atoms with E-state index in [2.05, 4.69) is 5.32 Å². The average molecular weight is 357 g/mol. The number of ether oxygens (including phenoxy) is 2. The van der Waals surface area contributed by atoms with Crippen LogP contribution in [0.15, 0.2) is 48.0 Å². The van der Waals surface area contributed by atoms with Crippen molar-refractivity contribution >= 4 is 29.3 Å². The van der Waals surface area contributed by atoms with Crippen molar-refractivity contribution in [2.75, 3.05) is 19.0 Å². The predicted molar refractivity (Wildman–Crippen MR) is 97.8 cm³/mol. The number of nitrogens with one attached hydrogen (secondary N) is 1.